The van der Waals surface area contributed by atoms with E-state index < -0.39 is 74.6 Å². The van der Waals surface area contributed by atoms with Crippen LogP contribution >= 0.6 is 11.3 Å². The van der Waals surface area contributed by atoms with Crippen molar-refractivity contribution in [1.29, 1.82) is 0 Å². The number of hydrogen-bond acceptors (Lipinski definition) is 8. The second kappa shape index (κ2) is 15.2. The molecule has 1 aromatic rings. The van der Waals surface area contributed by atoms with E-state index in [2.05, 4.69) is 33.8 Å². The van der Waals surface area contributed by atoms with Crippen molar-refractivity contribution >= 4 is 50.9 Å². The Balaban J connectivity index is 1.53. The monoisotopic (exact) mass is 730 g/mol. The minimum atomic E-state index is -3.70. The Morgan fingerprint density at radius 1 is 1.08 bits per heavy atom. The molecule has 4 rings (SSSR count). The minimum Gasteiger partial charge on any atom is -0.346 e. The molecule has 1 aromatic heterocycles. The van der Waals surface area contributed by atoms with Crippen molar-refractivity contribution in [2.75, 3.05) is 19.6 Å². The Bertz CT molecular complexity index is 1650. The summed E-state index contributed by atoms with van der Waals surface area (Å²) in [5.41, 5.74) is -1.34. The Labute approximate surface area is 299 Å². The first-order valence-electron chi connectivity index (χ1n) is 16.9. The number of thiophene rings is 1. The normalized spacial score (nSPS) is 23.1. The maximum absolute atomic E-state index is 14.4. The average Bonchev–Trinajstić information content (AvgIpc) is 3.79. The molecule has 1 saturated carbocycles. The summed E-state index contributed by atoms with van der Waals surface area (Å²) in [6.45, 7) is 15.3. The fourth-order valence-electron chi connectivity index (χ4n) is 6.97. The van der Waals surface area contributed by atoms with E-state index in [0.29, 0.717) is 13.0 Å². The van der Waals surface area contributed by atoms with Gasteiger partial charge in [0.25, 0.3) is 5.91 Å². The van der Waals surface area contributed by atoms with Crippen molar-refractivity contribution in [2.24, 2.45) is 22.7 Å². The van der Waals surface area contributed by atoms with E-state index in [9.17, 15) is 32.4 Å². The topological polar surface area (TPSA) is 174 Å². The lowest BCUT2D eigenvalue weighted by Crippen LogP contribution is -2.62. The van der Waals surface area contributed by atoms with Crippen molar-refractivity contribution in [3.63, 3.8) is 0 Å². The van der Waals surface area contributed by atoms with Crippen LogP contribution in [0.5, 0.6) is 0 Å². The largest absolute Gasteiger partial charge is 0.346 e. The highest BCUT2D eigenvalue weighted by Crippen LogP contribution is 2.43. The number of carbonyl (C=O) groups excluding carboxylic acids is 5. The molecule has 3 aliphatic rings. The van der Waals surface area contributed by atoms with E-state index in [0.717, 1.165) is 17.7 Å². The van der Waals surface area contributed by atoms with Crippen LogP contribution in [0.25, 0.3) is 0 Å². The van der Waals surface area contributed by atoms with Gasteiger partial charge in [0, 0.05) is 43.5 Å². The minimum absolute atomic E-state index is 0.0374. The number of ketones is 1. The molecule has 15 heteroatoms. The van der Waals surface area contributed by atoms with Gasteiger partial charge in [-0.1, -0.05) is 54.0 Å². The van der Waals surface area contributed by atoms with E-state index in [-0.39, 0.29) is 42.8 Å². The molecule has 1 aliphatic carbocycles. The van der Waals surface area contributed by atoms with Gasteiger partial charge in [0.2, 0.25) is 27.6 Å². The summed E-state index contributed by atoms with van der Waals surface area (Å²) >= 11 is 1.37. The van der Waals surface area contributed by atoms with Crippen molar-refractivity contribution in [3.05, 3.63) is 29.0 Å². The molecule has 274 valence electrons. The van der Waals surface area contributed by atoms with Crippen LogP contribution in [0.1, 0.15) is 72.1 Å². The number of fused-ring (bicyclic) bond motifs is 2. The lowest BCUT2D eigenvalue weighted by molar-refractivity contribution is -0.144. The number of nitrogens with one attached hydrogen (secondary N) is 4. The zero-order valence-corrected chi connectivity index (χ0v) is 31.3. The first kappa shape index (κ1) is 39.1. The summed E-state index contributed by atoms with van der Waals surface area (Å²) in [5, 5.41) is 12.6. The molecule has 13 nitrogen and oxygen atoms in total. The molecule has 2 aliphatic heterocycles. The van der Waals surface area contributed by atoms with Gasteiger partial charge < -0.3 is 26.2 Å². The van der Waals surface area contributed by atoms with Crippen LogP contribution < -0.4 is 21.3 Å². The summed E-state index contributed by atoms with van der Waals surface area (Å²) in [7, 11) is -3.70. The van der Waals surface area contributed by atoms with Crippen molar-refractivity contribution in [3.8, 4) is 12.3 Å². The van der Waals surface area contributed by atoms with Crippen LogP contribution in [0.2, 0.25) is 0 Å². The van der Waals surface area contributed by atoms with Gasteiger partial charge in [0.15, 0.2) is 0 Å². The van der Waals surface area contributed by atoms with Gasteiger partial charge in [0.05, 0.1) is 4.90 Å². The zero-order valence-electron chi connectivity index (χ0n) is 29.7. The molecule has 0 bridgehead atoms. The Morgan fingerprint density at radius 2 is 1.78 bits per heavy atom. The van der Waals surface area contributed by atoms with Crippen LogP contribution in [-0.2, 0) is 35.7 Å². The molecule has 3 heterocycles. The van der Waals surface area contributed by atoms with Crippen LogP contribution in [0.15, 0.2) is 29.0 Å². The molecule has 0 aromatic carbocycles. The second-order valence-electron chi connectivity index (χ2n) is 15.5. The third-order valence-electron chi connectivity index (χ3n) is 9.80. The number of urea groups is 1. The van der Waals surface area contributed by atoms with Gasteiger partial charge in [-0.15, -0.1) is 30.3 Å². The maximum Gasteiger partial charge on any atom is 0.315 e. The summed E-state index contributed by atoms with van der Waals surface area (Å²) in [6.07, 6.45) is 9.10. The lowest BCUT2D eigenvalue weighted by Gasteiger charge is -2.38. The molecule has 2 fully saturated rings. The molecule has 6 atom stereocenters. The fourth-order valence-corrected chi connectivity index (χ4v) is 9.89. The highest BCUT2D eigenvalue weighted by atomic mass is 32.2. The van der Waals surface area contributed by atoms with Gasteiger partial charge in [-0.25, -0.2) is 13.2 Å². The first-order valence-corrected chi connectivity index (χ1v) is 19.2. The van der Waals surface area contributed by atoms with E-state index in [4.69, 9.17) is 6.42 Å². The predicted molar refractivity (Wildman–Crippen MR) is 190 cm³/mol. The Kier molecular flexibility index (Phi) is 11.9. The predicted octanol–water partition coefficient (Wildman–Crippen LogP) is 2.39. The van der Waals surface area contributed by atoms with Gasteiger partial charge in [-0.3, -0.25) is 19.2 Å². The Hall–Kier alpha value is -3.74. The SMILES string of the molecule is C#CCC(NC(=O)[C@@H]1[C@H]2CCC[C@H]2CN1C(=O)[C@@H](NC(=O)N[C@H](CN1Cc2sccc2S1(=O)=O)C(C)(C)C)C(C)(C)C)C(=O)C(=O)NCC=C. The molecular weight excluding hydrogens is 681 g/mol. The van der Waals surface area contributed by atoms with Crippen molar-refractivity contribution in [1.82, 2.24) is 30.5 Å². The molecule has 4 N–H and O–H groups in total. The van der Waals surface area contributed by atoms with Crippen LogP contribution in [0, 0.1) is 35.0 Å². The van der Waals surface area contributed by atoms with E-state index in [1.807, 2.05) is 41.5 Å². The number of amides is 5. The van der Waals surface area contributed by atoms with E-state index in [1.165, 1.54) is 26.6 Å². The summed E-state index contributed by atoms with van der Waals surface area (Å²) in [5.74, 6) is -0.601. The Morgan fingerprint density at radius 3 is 2.38 bits per heavy atom. The maximum atomic E-state index is 14.4. The lowest BCUT2D eigenvalue weighted by atomic mass is 9.85. The standard InChI is InChI=1S/C35H50N6O7S2/c1-9-12-23(28(42)31(44)36-16-10-2)37-30(43)27-22-14-11-13-21(22)18-41(27)32(45)29(35(6,7)8)39-33(46)38-26(34(3,4)5)20-40-19-24-25(15-17-49-24)50(40,47)48/h1,10,15,17,21-23,26-27,29H,2,11-14,16,18-20H2,3-8H3,(H,36,44)(H,37,43)(H2,38,39,46)/t21-,22-,23?,26+,27-,29+/m0/s1. The quantitative estimate of drug-likeness (QED) is 0.145. The molecule has 5 amide bonds. The summed E-state index contributed by atoms with van der Waals surface area (Å²) in [4.78, 5) is 69.9. The zero-order chi connectivity index (χ0) is 37.2. The highest BCUT2D eigenvalue weighted by molar-refractivity contribution is 7.89. The van der Waals surface area contributed by atoms with Gasteiger partial charge in [-0.05, 0) is 47.0 Å². The summed E-state index contributed by atoms with van der Waals surface area (Å²) in [6, 6.07) is -2.94. The molecule has 0 radical (unpaired) electrons. The molecule has 1 saturated heterocycles. The third kappa shape index (κ3) is 8.41. The molecule has 0 spiro atoms. The molecule has 1 unspecified atom stereocenters. The highest BCUT2D eigenvalue weighted by Gasteiger charge is 2.52. The number of likely N-dealkylation sites (tertiary alicyclic amines) is 1. The number of carbonyl (C=O) groups is 5. The van der Waals surface area contributed by atoms with Crippen LogP contribution in [-0.4, -0.2) is 91.0 Å². The first-order chi connectivity index (χ1) is 23.3. The van der Waals surface area contributed by atoms with Crippen molar-refractivity contribution in [2.45, 2.75) is 103 Å². The smallest absolute Gasteiger partial charge is 0.315 e. The number of Topliss-reactive ketones (excluding diaryl/α,β-unsaturated/α-hetero) is 1. The van der Waals surface area contributed by atoms with Crippen LogP contribution in [0.4, 0.5) is 4.79 Å². The summed E-state index contributed by atoms with van der Waals surface area (Å²) < 4.78 is 27.8. The van der Waals surface area contributed by atoms with E-state index in [1.54, 1.807) is 11.4 Å². The number of rotatable bonds is 12. The van der Waals surface area contributed by atoms with Gasteiger partial charge in [0.1, 0.15) is 18.1 Å². The van der Waals surface area contributed by atoms with E-state index >= 15 is 0 Å². The number of sulfonamides is 1. The third-order valence-corrected chi connectivity index (χ3v) is 12.7. The number of nitrogens with zero attached hydrogens (tertiary/aromatic N) is 2. The number of terminal acetylenes is 1. The molecule has 50 heavy (non-hydrogen) atoms. The van der Waals surface area contributed by atoms with Crippen LogP contribution in [0.3, 0.4) is 0 Å². The molecular formula is C35H50N6O7S2. The van der Waals surface area contributed by atoms with Crippen molar-refractivity contribution < 1.29 is 32.4 Å². The number of hydrogen-bond donors (Lipinski definition) is 4. The fraction of sp³-hybridized carbons (Fsp3) is 0.629. The van der Waals surface area contributed by atoms with Gasteiger partial charge in [-0.2, -0.15) is 4.31 Å². The second-order valence-corrected chi connectivity index (χ2v) is 18.4. The van der Waals surface area contributed by atoms with Gasteiger partial charge >= 0.3 is 6.03 Å². The average molecular weight is 731 g/mol.